The Morgan fingerprint density at radius 2 is 2.45 bits per heavy atom. The summed E-state index contributed by atoms with van der Waals surface area (Å²) in [6.45, 7) is 1.45. The minimum Gasteiger partial charge on any atom is -0.489 e. The van der Waals surface area contributed by atoms with Crippen molar-refractivity contribution in [3.63, 3.8) is 0 Å². The number of hydrogen-bond acceptors (Lipinski definition) is 6. The maximum Gasteiger partial charge on any atom is 0.298 e. The summed E-state index contributed by atoms with van der Waals surface area (Å²) >= 11 is 0. The first-order valence-electron chi connectivity index (χ1n) is 7.14. The number of fused-ring (bicyclic) bond motifs is 1. The highest BCUT2D eigenvalue weighted by atomic mass is 19.1. The third-order valence-corrected chi connectivity index (χ3v) is 3.62. The molecule has 0 radical (unpaired) electrons. The number of oxazole rings is 1. The average molecular weight is 307 g/mol. The van der Waals surface area contributed by atoms with Gasteiger partial charge < -0.3 is 24.9 Å². The number of nitrogens with two attached hydrogens (primary N) is 1. The first kappa shape index (κ1) is 14.8. The molecular formula is C15H18FN3O3. The van der Waals surface area contributed by atoms with Gasteiger partial charge in [0.2, 0.25) is 0 Å². The number of aliphatic hydroxyl groups is 1. The fraction of sp³-hybridized carbons (Fsp3) is 0.400. The van der Waals surface area contributed by atoms with Crippen molar-refractivity contribution in [2.24, 2.45) is 5.73 Å². The molecule has 1 atom stereocenters. The lowest BCUT2D eigenvalue weighted by molar-refractivity contribution is 0.198. The fourth-order valence-corrected chi connectivity index (χ4v) is 2.34. The molecule has 1 aromatic heterocycles. The molecule has 1 unspecified atom stereocenters. The first-order valence-corrected chi connectivity index (χ1v) is 7.14. The average Bonchev–Trinajstić information content (AvgIpc) is 3.13. The molecule has 2 aromatic rings. The third kappa shape index (κ3) is 3.05. The van der Waals surface area contributed by atoms with Gasteiger partial charge in [-0.1, -0.05) is 0 Å². The fourth-order valence-electron chi connectivity index (χ4n) is 2.34. The topological polar surface area (TPSA) is 84.8 Å². The molecule has 0 amide bonds. The Hall–Kier alpha value is -2.12. The van der Waals surface area contributed by atoms with Crippen molar-refractivity contribution in [3.05, 3.63) is 30.1 Å². The number of aromatic nitrogens is 1. The summed E-state index contributed by atoms with van der Waals surface area (Å²) in [7, 11) is 0. The van der Waals surface area contributed by atoms with Crippen molar-refractivity contribution < 1.29 is 18.7 Å². The number of nitrogens with zero attached hydrogens (tertiary/aromatic N) is 2. The second-order valence-corrected chi connectivity index (χ2v) is 5.27. The predicted molar refractivity (Wildman–Crippen MR) is 80.6 cm³/mol. The zero-order valence-electron chi connectivity index (χ0n) is 12.0. The van der Waals surface area contributed by atoms with Crippen molar-refractivity contribution in [3.8, 4) is 5.75 Å². The maximum absolute atomic E-state index is 12.4. The van der Waals surface area contributed by atoms with E-state index in [0.717, 1.165) is 6.54 Å². The van der Waals surface area contributed by atoms with Crippen molar-refractivity contribution >= 4 is 17.1 Å². The summed E-state index contributed by atoms with van der Waals surface area (Å²) in [5.41, 5.74) is 7.06. The molecule has 6 nitrogen and oxygen atoms in total. The summed E-state index contributed by atoms with van der Waals surface area (Å²) in [6.07, 6.45) is 0.838. The molecule has 0 saturated carbocycles. The Bertz CT molecular complexity index is 686. The SMILES string of the molecule is NC/C(=C/F)COc1ccc2nc(N3CCC(O)C3)oc2c1. The molecule has 0 bridgehead atoms. The smallest absolute Gasteiger partial charge is 0.298 e. The summed E-state index contributed by atoms with van der Waals surface area (Å²) in [5.74, 6) is 0.560. The van der Waals surface area contributed by atoms with Crippen molar-refractivity contribution in [2.75, 3.05) is 31.1 Å². The van der Waals surface area contributed by atoms with Gasteiger partial charge in [-0.2, -0.15) is 4.98 Å². The first-order chi connectivity index (χ1) is 10.7. The maximum atomic E-state index is 12.4. The molecule has 1 saturated heterocycles. The van der Waals surface area contributed by atoms with Crippen LogP contribution in [0, 0.1) is 0 Å². The largest absolute Gasteiger partial charge is 0.489 e. The number of anilines is 1. The van der Waals surface area contributed by atoms with E-state index in [2.05, 4.69) is 4.98 Å². The van der Waals surface area contributed by atoms with Crippen LogP contribution in [0.15, 0.2) is 34.5 Å². The molecule has 1 aliphatic heterocycles. The van der Waals surface area contributed by atoms with Gasteiger partial charge in [0.1, 0.15) is 17.9 Å². The lowest BCUT2D eigenvalue weighted by atomic mass is 10.3. The van der Waals surface area contributed by atoms with Crippen LogP contribution >= 0.6 is 0 Å². The number of aliphatic hydroxyl groups excluding tert-OH is 1. The number of hydrogen-bond donors (Lipinski definition) is 2. The van der Waals surface area contributed by atoms with Crippen molar-refractivity contribution in [1.82, 2.24) is 4.98 Å². The molecular weight excluding hydrogens is 289 g/mol. The molecule has 7 heteroatoms. The second-order valence-electron chi connectivity index (χ2n) is 5.27. The molecule has 22 heavy (non-hydrogen) atoms. The van der Waals surface area contributed by atoms with Crippen LogP contribution in [0.5, 0.6) is 5.75 Å². The predicted octanol–water partition coefficient (Wildman–Crippen LogP) is 1.59. The van der Waals surface area contributed by atoms with Crippen LogP contribution in [-0.4, -0.2) is 42.4 Å². The number of β-amino-alcohol motifs (C(OH)–C–C–N with tert-alkyl or cyclic N) is 1. The van der Waals surface area contributed by atoms with Gasteiger partial charge >= 0.3 is 0 Å². The zero-order valence-corrected chi connectivity index (χ0v) is 12.0. The summed E-state index contributed by atoms with van der Waals surface area (Å²) < 4.78 is 23.6. The van der Waals surface area contributed by atoms with Crippen LogP contribution < -0.4 is 15.4 Å². The van der Waals surface area contributed by atoms with E-state index in [9.17, 15) is 9.50 Å². The molecule has 1 fully saturated rings. The quantitative estimate of drug-likeness (QED) is 0.872. The van der Waals surface area contributed by atoms with Crippen molar-refractivity contribution in [1.29, 1.82) is 0 Å². The number of halogens is 1. The normalized spacial score (nSPS) is 19.1. The molecule has 0 spiro atoms. The van der Waals surface area contributed by atoms with E-state index < -0.39 is 0 Å². The van der Waals surface area contributed by atoms with Gasteiger partial charge in [0, 0.05) is 31.3 Å². The van der Waals surface area contributed by atoms with Gasteiger partial charge in [-0.3, -0.25) is 0 Å². The molecule has 118 valence electrons. The molecule has 2 heterocycles. The number of ether oxygens (including phenoxy) is 1. The molecule has 0 aliphatic carbocycles. The standard InChI is InChI=1S/C15H18FN3O3/c16-6-10(7-17)9-21-12-1-2-13-14(5-12)22-15(18-13)19-4-3-11(20)8-19/h1-2,5-6,11,20H,3-4,7-9,17H2/b10-6-. The third-order valence-electron chi connectivity index (χ3n) is 3.62. The van der Waals surface area contributed by atoms with Crippen LogP contribution in [0.25, 0.3) is 11.1 Å². The van der Waals surface area contributed by atoms with Crippen molar-refractivity contribution in [2.45, 2.75) is 12.5 Å². The molecule has 3 rings (SSSR count). The van der Waals surface area contributed by atoms with E-state index >= 15 is 0 Å². The highest BCUT2D eigenvalue weighted by molar-refractivity contribution is 5.76. The van der Waals surface area contributed by atoms with Gasteiger partial charge in [-0.05, 0) is 18.6 Å². The lowest BCUT2D eigenvalue weighted by Crippen LogP contribution is -2.21. The number of benzene rings is 1. The van der Waals surface area contributed by atoms with E-state index in [1.807, 2.05) is 4.90 Å². The second kappa shape index (κ2) is 6.33. The molecule has 1 aromatic carbocycles. The van der Waals surface area contributed by atoms with Gasteiger partial charge in [-0.25, -0.2) is 4.39 Å². The van der Waals surface area contributed by atoms with Crippen LogP contribution in [0.4, 0.5) is 10.4 Å². The van der Waals surface area contributed by atoms with Crippen LogP contribution in [0.1, 0.15) is 6.42 Å². The summed E-state index contributed by atoms with van der Waals surface area (Å²) in [6, 6.07) is 5.74. The Morgan fingerprint density at radius 3 is 3.14 bits per heavy atom. The van der Waals surface area contributed by atoms with E-state index in [0.29, 0.717) is 47.7 Å². The van der Waals surface area contributed by atoms with E-state index in [1.54, 1.807) is 18.2 Å². The Labute approximate surface area is 127 Å². The molecule has 3 N–H and O–H groups in total. The lowest BCUT2D eigenvalue weighted by Gasteiger charge is -2.10. The van der Waals surface area contributed by atoms with Gasteiger partial charge in [0.05, 0.1) is 12.4 Å². The zero-order chi connectivity index (χ0) is 15.5. The Kier molecular flexibility index (Phi) is 4.26. The number of rotatable bonds is 5. The Morgan fingerprint density at radius 1 is 1.59 bits per heavy atom. The minimum absolute atomic E-state index is 0.0951. The summed E-state index contributed by atoms with van der Waals surface area (Å²) in [5, 5.41) is 9.57. The summed E-state index contributed by atoms with van der Waals surface area (Å²) in [4.78, 5) is 6.31. The molecule has 1 aliphatic rings. The van der Waals surface area contributed by atoms with Gasteiger partial charge in [0.25, 0.3) is 6.01 Å². The van der Waals surface area contributed by atoms with E-state index in [1.165, 1.54) is 0 Å². The van der Waals surface area contributed by atoms with Gasteiger partial charge in [0.15, 0.2) is 5.58 Å². The monoisotopic (exact) mass is 307 g/mol. The highest BCUT2D eigenvalue weighted by Crippen LogP contribution is 2.27. The highest BCUT2D eigenvalue weighted by Gasteiger charge is 2.24. The van der Waals surface area contributed by atoms with E-state index in [4.69, 9.17) is 14.9 Å². The van der Waals surface area contributed by atoms with Crippen LogP contribution in [-0.2, 0) is 0 Å². The van der Waals surface area contributed by atoms with Gasteiger partial charge in [-0.15, -0.1) is 0 Å². The van der Waals surface area contributed by atoms with Crippen LogP contribution in [0.3, 0.4) is 0 Å². The Balaban J connectivity index is 1.75. The van der Waals surface area contributed by atoms with E-state index in [-0.39, 0.29) is 19.3 Å². The van der Waals surface area contributed by atoms with Crippen LogP contribution in [0.2, 0.25) is 0 Å². The minimum atomic E-state index is -0.337.